The molecule has 3 heterocycles. The van der Waals surface area contributed by atoms with E-state index in [1.807, 2.05) is 17.0 Å². The number of hydrogen-bond donors (Lipinski definition) is 0. The third-order valence-electron chi connectivity index (χ3n) is 5.99. The molecule has 0 radical (unpaired) electrons. The first-order valence-corrected chi connectivity index (χ1v) is 10.5. The summed E-state index contributed by atoms with van der Waals surface area (Å²) in [5.74, 6) is 0.702. The Kier molecular flexibility index (Phi) is 5.05. The van der Waals surface area contributed by atoms with Gasteiger partial charge in [0, 0.05) is 57.3 Å². The number of rotatable bonds is 3. The molecule has 0 aliphatic carbocycles. The Hall–Kier alpha value is -3.41. The smallest absolute Gasteiger partial charge is 0.257 e. The number of carbonyl (C=O) groups is 1. The zero-order valence-corrected chi connectivity index (χ0v) is 16.9. The average Bonchev–Trinajstić information content (AvgIpc) is 2.84. The van der Waals surface area contributed by atoms with Crippen molar-refractivity contribution in [2.45, 2.75) is 13.0 Å². The van der Waals surface area contributed by atoms with Gasteiger partial charge in [-0.15, -0.1) is 0 Å². The highest BCUT2D eigenvalue weighted by atomic mass is 16.2. The SMILES string of the molecule is O=C(c1cnc(N2CCN(c3ccccc3)CC2)nc1)N1CCc2ccccc2C1. The molecule has 0 atom stereocenters. The zero-order valence-electron chi connectivity index (χ0n) is 16.9. The molecular weight excluding hydrogens is 374 g/mol. The van der Waals surface area contributed by atoms with Gasteiger partial charge in [-0.1, -0.05) is 42.5 Å². The number of fused-ring (bicyclic) bond motifs is 1. The minimum Gasteiger partial charge on any atom is -0.368 e. The van der Waals surface area contributed by atoms with Crippen molar-refractivity contribution in [1.29, 1.82) is 0 Å². The van der Waals surface area contributed by atoms with Gasteiger partial charge in [0.05, 0.1) is 5.56 Å². The summed E-state index contributed by atoms with van der Waals surface area (Å²) in [6.07, 6.45) is 4.25. The van der Waals surface area contributed by atoms with Gasteiger partial charge in [0.15, 0.2) is 0 Å². The van der Waals surface area contributed by atoms with E-state index in [2.05, 4.69) is 62.2 Å². The molecule has 152 valence electrons. The summed E-state index contributed by atoms with van der Waals surface area (Å²) in [4.78, 5) is 28.4. The van der Waals surface area contributed by atoms with E-state index in [9.17, 15) is 4.79 Å². The fourth-order valence-electron chi connectivity index (χ4n) is 4.25. The van der Waals surface area contributed by atoms with Crippen LogP contribution < -0.4 is 9.80 Å². The van der Waals surface area contributed by atoms with E-state index in [1.54, 1.807) is 12.4 Å². The highest BCUT2D eigenvalue weighted by Gasteiger charge is 2.23. The predicted octanol–water partition coefficient (Wildman–Crippen LogP) is 3.00. The van der Waals surface area contributed by atoms with E-state index < -0.39 is 0 Å². The third kappa shape index (κ3) is 3.73. The summed E-state index contributed by atoms with van der Waals surface area (Å²) < 4.78 is 0. The van der Waals surface area contributed by atoms with Gasteiger partial charge in [0.2, 0.25) is 5.95 Å². The summed E-state index contributed by atoms with van der Waals surface area (Å²) in [6, 6.07) is 18.8. The van der Waals surface area contributed by atoms with Crippen molar-refractivity contribution in [3.63, 3.8) is 0 Å². The maximum atomic E-state index is 12.9. The van der Waals surface area contributed by atoms with Crippen LogP contribution in [0.2, 0.25) is 0 Å². The highest BCUT2D eigenvalue weighted by molar-refractivity contribution is 5.93. The van der Waals surface area contributed by atoms with Crippen molar-refractivity contribution in [3.8, 4) is 0 Å². The molecule has 2 aliphatic heterocycles. The largest absolute Gasteiger partial charge is 0.368 e. The minimum absolute atomic E-state index is 0.00458. The number of benzene rings is 2. The molecule has 1 fully saturated rings. The molecule has 30 heavy (non-hydrogen) atoms. The van der Waals surface area contributed by atoms with Gasteiger partial charge in [-0.3, -0.25) is 4.79 Å². The Balaban J connectivity index is 1.21. The van der Waals surface area contributed by atoms with E-state index in [0.29, 0.717) is 18.1 Å². The molecule has 6 nitrogen and oxygen atoms in total. The Bertz CT molecular complexity index is 1010. The number of piperazine rings is 1. The number of anilines is 2. The molecule has 0 unspecified atom stereocenters. The van der Waals surface area contributed by atoms with Crippen molar-refractivity contribution in [2.75, 3.05) is 42.5 Å². The highest BCUT2D eigenvalue weighted by Crippen LogP contribution is 2.21. The van der Waals surface area contributed by atoms with E-state index in [0.717, 1.165) is 39.1 Å². The number of para-hydroxylation sites is 1. The Labute approximate surface area is 176 Å². The Morgan fingerprint density at radius 3 is 2.10 bits per heavy atom. The molecule has 2 aromatic carbocycles. The average molecular weight is 399 g/mol. The Morgan fingerprint density at radius 2 is 1.37 bits per heavy atom. The van der Waals surface area contributed by atoms with Crippen LogP contribution in [0.4, 0.5) is 11.6 Å². The van der Waals surface area contributed by atoms with Crippen LogP contribution in [0.15, 0.2) is 67.0 Å². The van der Waals surface area contributed by atoms with Crippen molar-refractivity contribution in [1.82, 2.24) is 14.9 Å². The lowest BCUT2D eigenvalue weighted by Gasteiger charge is -2.36. The molecule has 0 spiro atoms. The lowest BCUT2D eigenvalue weighted by atomic mass is 9.99. The lowest BCUT2D eigenvalue weighted by Crippen LogP contribution is -2.47. The van der Waals surface area contributed by atoms with Crippen LogP contribution in [0.25, 0.3) is 0 Å². The second-order valence-electron chi connectivity index (χ2n) is 7.83. The van der Waals surface area contributed by atoms with Gasteiger partial charge < -0.3 is 14.7 Å². The van der Waals surface area contributed by atoms with Gasteiger partial charge in [-0.05, 0) is 29.7 Å². The van der Waals surface area contributed by atoms with Crippen LogP contribution in [0.3, 0.4) is 0 Å². The van der Waals surface area contributed by atoms with Crippen LogP contribution in [0.1, 0.15) is 21.5 Å². The van der Waals surface area contributed by atoms with Gasteiger partial charge in [-0.2, -0.15) is 0 Å². The molecule has 1 amide bonds. The predicted molar refractivity (Wildman–Crippen MR) is 118 cm³/mol. The first-order valence-electron chi connectivity index (χ1n) is 10.5. The maximum absolute atomic E-state index is 12.9. The number of aromatic nitrogens is 2. The molecular formula is C24H25N5O. The van der Waals surface area contributed by atoms with Gasteiger partial charge in [0.1, 0.15) is 0 Å². The monoisotopic (exact) mass is 399 g/mol. The summed E-state index contributed by atoms with van der Waals surface area (Å²) in [6.45, 7) is 4.98. The van der Waals surface area contributed by atoms with Crippen LogP contribution in [-0.2, 0) is 13.0 Å². The van der Waals surface area contributed by atoms with Gasteiger partial charge >= 0.3 is 0 Å². The molecule has 0 saturated carbocycles. The van der Waals surface area contributed by atoms with E-state index >= 15 is 0 Å². The molecule has 3 aromatic rings. The number of carbonyl (C=O) groups excluding carboxylic acids is 1. The first-order chi connectivity index (χ1) is 14.8. The van der Waals surface area contributed by atoms with E-state index in [4.69, 9.17) is 0 Å². The minimum atomic E-state index is 0.00458. The molecule has 2 aliphatic rings. The van der Waals surface area contributed by atoms with Crippen molar-refractivity contribution >= 4 is 17.5 Å². The molecule has 1 aromatic heterocycles. The van der Waals surface area contributed by atoms with Crippen LogP contribution in [0, 0.1) is 0 Å². The summed E-state index contributed by atoms with van der Waals surface area (Å²) >= 11 is 0. The topological polar surface area (TPSA) is 52.6 Å². The maximum Gasteiger partial charge on any atom is 0.257 e. The van der Waals surface area contributed by atoms with Gasteiger partial charge in [0.25, 0.3) is 5.91 Å². The van der Waals surface area contributed by atoms with Crippen LogP contribution >= 0.6 is 0 Å². The number of hydrogen-bond acceptors (Lipinski definition) is 5. The fourth-order valence-corrected chi connectivity index (χ4v) is 4.25. The number of nitrogens with zero attached hydrogens (tertiary/aromatic N) is 5. The van der Waals surface area contributed by atoms with Crippen molar-refractivity contribution in [2.24, 2.45) is 0 Å². The van der Waals surface area contributed by atoms with E-state index in [1.165, 1.54) is 16.8 Å². The van der Waals surface area contributed by atoms with Gasteiger partial charge in [-0.25, -0.2) is 9.97 Å². The van der Waals surface area contributed by atoms with Crippen LogP contribution in [-0.4, -0.2) is 53.5 Å². The van der Waals surface area contributed by atoms with Crippen LogP contribution in [0.5, 0.6) is 0 Å². The Morgan fingerprint density at radius 1 is 0.733 bits per heavy atom. The second kappa shape index (κ2) is 8.14. The standard InChI is InChI=1S/C24H25N5O/c30-23(29-11-10-19-6-4-5-7-20(19)18-29)21-16-25-24(26-17-21)28-14-12-27(13-15-28)22-8-2-1-3-9-22/h1-9,16-17H,10-15,18H2. The molecule has 6 heteroatoms. The quantitative estimate of drug-likeness (QED) is 0.678. The summed E-state index contributed by atoms with van der Waals surface area (Å²) in [7, 11) is 0. The first kappa shape index (κ1) is 18.6. The summed E-state index contributed by atoms with van der Waals surface area (Å²) in [5, 5.41) is 0. The molecule has 1 saturated heterocycles. The molecule has 5 rings (SSSR count). The third-order valence-corrected chi connectivity index (χ3v) is 5.99. The van der Waals surface area contributed by atoms with E-state index in [-0.39, 0.29) is 5.91 Å². The number of amides is 1. The normalized spacial score (nSPS) is 16.3. The zero-order chi connectivity index (χ0) is 20.3. The summed E-state index contributed by atoms with van der Waals surface area (Å²) in [5.41, 5.74) is 4.37. The van der Waals surface area contributed by atoms with Crippen molar-refractivity contribution in [3.05, 3.63) is 83.7 Å². The van der Waals surface area contributed by atoms with Crippen molar-refractivity contribution < 1.29 is 4.79 Å². The lowest BCUT2D eigenvalue weighted by molar-refractivity contribution is 0.0734. The molecule has 0 N–H and O–H groups in total. The fraction of sp³-hybridized carbons (Fsp3) is 0.292. The molecule has 0 bridgehead atoms. The second-order valence-corrected chi connectivity index (χ2v) is 7.83.